The van der Waals surface area contributed by atoms with Gasteiger partial charge < -0.3 is 24.7 Å². The van der Waals surface area contributed by atoms with E-state index in [9.17, 15) is 4.39 Å². The summed E-state index contributed by atoms with van der Waals surface area (Å²) in [4.78, 5) is 14.2. The zero-order chi connectivity index (χ0) is 27.9. The van der Waals surface area contributed by atoms with E-state index in [1.165, 1.54) is 25.3 Å². The lowest BCUT2D eigenvalue weighted by atomic mass is 9.93. The van der Waals surface area contributed by atoms with Gasteiger partial charge >= 0.3 is 0 Å². The number of methoxy groups -OCH3 is 1. The highest BCUT2D eigenvalue weighted by Crippen LogP contribution is 2.42. The lowest BCUT2D eigenvalue weighted by Crippen LogP contribution is -2.57. The molecule has 2 N–H and O–H groups in total. The molecule has 4 heterocycles. The Hall–Kier alpha value is -4.34. The summed E-state index contributed by atoms with van der Waals surface area (Å²) >= 11 is 0. The van der Waals surface area contributed by atoms with Gasteiger partial charge in [0.1, 0.15) is 17.4 Å². The second-order valence-corrected chi connectivity index (χ2v) is 10.5. The van der Waals surface area contributed by atoms with Gasteiger partial charge in [-0.25, -0.2) is 13.8 Å². The first-order valence-corrected chi connectivity index (χ1v) is 13.7. The van der Waals surface area contributed by atoms with Gasteiger partial charge in [0.25, 0.3) is 0 Å². The highest BCUT2D eigenvalue weighted by Gasteiger charge is 2.33. The summed E-state index contributed by atoms with van der Waals surface area (Å²) in [5, 5.41) is 4.47. The number of piperidine rings is 1. The second-order valence-electron chi connectivity index (χ2n) is 10.5. The molecule has 2 saturated heterocycles. The van der Waals surface area contributed by atoms with Crippen molar-refractivity contribution >= 4 is 16.6 Å². The summed E-state index contributed by atoms with van der Waals surface area (Å²) in [5.74, 6) is -0.293. The van der Waals surface area contributed by atoms with Crippen LogP contribution in [0.5, 0.6) is 5.75 Å². The lowest BCUT2D eigenvalue weighted by Gasteiger charge is -2.43. The van der Waals surface area contributed by atoms with E-state index >= 15 is 4.39 Å². The topological polar surface area (TPSA) is 75.3 Å². The van der Waals surface area contributed by atoms with E-state index in [1.54, 1.807) is 24.8 Å². The number of anilines is 1. The predicted octanol–water partition coefficient (Wildman–Crippen LogP) is 5.81. The van der Waals surface area contributed by atoms with Gasteiger partial charge in [-0.1, -0.05) is 18.2 Å². The molecule has 0 radical (unpaired) electrons. The number of nitrogens with one attached hydrogen (secondary N) is 2. The number of fused-ring (bicyclic) bond motifs is 2. The van der Waals surface area contributed by atoms with Crippen molar-refractivity contribution in [1.29, 1.82) is 0 Å². The molecular weight excluding hydrogens is 524 g/mol. The number of hydrogen-bond acceptors (Lipinski definition) is 6. The Bertz CT molecular complexity index is 1730. The van der Waals surface area contributed by atoms with Crippen LogP contribution in [0.4, 0.5) is 14.5 Å². The maximum Gasteiger partial charge on any atom is 0.133 e. The summed E-state index contributed by atoms with van der Waals surface area (Å²) in [5.41, 5.74) is 5.82. The van der Waals surface area contributed by atoms with Crippen LogP contribution in [0.2, 0.25) is 0 Å². The molecule has 208 valence electrons. The van der Waals surface area contributed by atoms with Crippen LogP contribution in [0.3, 0.4) is 0 Å². The van der Waals surface area contributed by atoms with Crippen molar-refractivity contribution in [2.75, 3.05) is 38.3 Å². The number of ether oxygens (including phenoxy) is 2. The van der Waals surface area contributed by atoms with Gasteiger partial charge in [0.2, 0.25) is 0 Å². The summed E-state index contributed by atoms with van der Waals surface area (Å²) in [7, 11) is 1.53. The second kappa shape index (κ2) is 10.6. The van der Waals surface area contributed by atoms with E-state index in [4.69, 9.17) is 14.5 Å². The number of hydrogen-bond donors (Lipinski definition) is 2. The predicted molar refractivity (Wildman–Crippen MR) is 155 cm³/mol. The molecule has 7 rings (SSSR count). The summed E-state index contributed by atoms with van der Waals surface area (Å²) in [6, 6.07) is 16.0. The molecule has 2 atom stereocenters. The fourth-order valence-corrected chi connectivity index (χ4v) is 6.14. The number of H-pyrrole nitrogens is 1. The third-order valence-corrected chi connectivity index (χ3v) is 8.07. The Morgan fingerprint density at radius 1 is 1.02 bits per heavy atom. The Balaban J connectivity index is 1.44. The highest BCUT2D eigenvalue weighted by molar-refractivity contribution is 6.02. The minimum atomic E-state index is -0.387. The first-order chi connectivity index (χ1) is 20.1. The van der Waals surface area contributed by atoms with Crippen LogP contribution < -0.4 is 15.0 Å². The Labute approximate surface area is 236 Å². The monoisotopic (exact) mass is 553 g/mol. The number of pyridine rings is 1. The summed E-state index contributed by atoms with van der Waals surface area (Å²) in [6.07, 6.45) is 5.91. The molecule has 5 aromatic rings. The Morgan fingerprint density at radius 2 is 1.95 bits per heavy atom. The minimum absolute atomic E-state index is 0.0361. The quantitative estimate of drug-likeness (QED) is 0.286. The molecule has 7 nitrogen and oxygen atoms in total. The molecule has 3 aromatic carbocycles. The Morgan fingerprint density at radius 3 is 2.80 bits per heavy atom. The molecule has 0 aliphatic carbocycles. The third kappa shape index (κ3) is 4.71. The van der Waals surface area contributed by atoms with Gasteiger partial charge in [0.15, 0.2) is 0 Å². The minimum Gasteiger partial charge on any atom is -0.497 e. The van der Waals surface area contributed by atoms with Gasteiger partial charge in [0.05, 0.1) is 49.2 Å². The van der Waals surface area contributed by atoms with Crippen LogP contribution in [0, 0.1) is 11.6 Å². The largest absolute Gasteiger partial charge is 0.497 e. The van der Waals surface area contributed by atoms with Crippen molar-refractivity contribution in [2.45, 2.75) is 18.6 Å². The van der Waals surface area contributed by atoms with E-state index in [2.05, 4.69) is 26.3 Å². The lowest BCUT2D eigenvalue weighted by molar-refractivity contribution is -0.00896. The number of morpholine rings is 1. The van der Waals surface area contributed by atoms with Crippen LogP contribution in [0.15, 0.2) is 73.3 Å². The van der Waals surface area contributed by atoms with Crippen molar-refractivity contribution in [2.24, 2.45) is 0 Å². The van der Waals surface area contributed by atoms with E-state index < -0.39 is 0 Å². The van der Waals surface area contributed by atoms with Gasteiger partial charge in [0, 0.05) is 54.5 Å². The number of aromatic amines is 1. The molecule has 41 heavy (non-hydrogen) atoms. The molecular formula is C32H29F2N5O2. The summed E-state index contributed by atoms with van der Waals surface area (Å²) < 4.78 is 41.5. The number of halogens is 2. The van der Waals surface area contributed by atoms with Crippen LogP contribution in [-0.4, -0.2) is 60.4 Å². The average Bonchev–Trinajstić information content (AvgIpc) is 3.54. The number of nitrogens with zero attached hydrogens (tertiary/aromatic N) is 3. The van der Waals surface area contributed by atoms with Gasteiger partial charge in [-0.3, -0.25) is 4.98 Å². The smallest absolute Gasteiger partial charge is 0.133 e. The molecule has 2 aliphatic rings. The van der Waals surface area contributed by atoms with Crippen molar-refractivity contribution in [1.82, 2.24) is 20.3 Å². The standard InChI is InChI=1S/C32H29F2N5O2/c1-40-22-12-20(11-21(33)14-22)25-15-37-27-6-5-19(23-3-2-4-26(34)31(23)29-16-35-18-38-29)13-24(27)32(25)39-9-7-28-30(17-39)41-10-8-36-28/h2-6,11-16,18,28,30,36H,7-10,17H2,1H3,(H,35,38). The maximum absolute atomic E-state index is 15.2. The van der Waals surface area contributed by atoms with Crippen molar-refractivity contribution in [3.8, 4) is 39.3 Å². The van der Waals surface area contributed by atoms with Crippen LogP contribution in [-0.2, 0) is 4.74 Å². The Kier molecular flexibility index (Phi) is 6.60. The molecule has 2 aromatic heterocycles. The number of benzene rings is 3. The van der Waals surface area contributed by atoms with Crippen molar-refractivity contribution in [3.05, 3.63) is 85.0 Å². The zero-order valence-electron chi connectivity index (χ0n) is 22.5. The normalized spacial score (nSPS) is 18.9. The van der Waals surface area contributed by atoms with Crippen LogP contribution in [0.1, 0.15) is 6.42 Å². The van der Waals surface area contributed by atoms with Crippen molar-refractivity contribution < 1.29 is 18.3 Å². The highest BCUT2D eigenvalue weighted by atomic mass is 19.1. The van der Waals surface area contributed by atoms with Crippen LogP contribution >= 0.6 is 0 Å². The molecule has 0 spiro atoms. The molecule has 2 fully saturated rings. The fraction of sp³-hybridized carbons (Fsp3) is 0.250. The third-order valence-electron chi connectivity index (χ3n) is 8.07. The van der Waals surface area contributed by atoms with Gasteiger partial charge in [-0.2, -0.15) is 0 Å². The molecule has 0 amide bonds. The first kappa shape index (κ1) is 25.6. The molecule has 2 unspecified atom stereocenters. The van der Waals surface area contributed by atoms with Crippen LogP contribution in [0.25, 0.3) is 44.4 Å². The molecule has 0 bridgehead atoms. The van der Waals surface area contributed by atoms with E-state index in [0.29, 0.717) is 41.8 Å². The number of rotatable bonds is 5. The van der Waals surface area contributed by atoms with Gasteiger partial charge in [-0.15, -0.1) is 0 Å². The maximum atomic E-state index is 15.2. The SMILES string of the molecule is COc1cc(F)cc(-c2cnc3ccc(-c4cccc(F)c4-c4cnc[nH]4)cc3c2N2CCC3NCCOC3C2)c1. The molecule has 0 saturated carbocycles. The number of aromatic nitrogens is 3. The first-order valence-electron chi connectivity index (χ1n) is 13.7. The van der Waals surface area contributed by atoms with E-state index in [-0.39, 0.29) is 17.7 Å². The van der Waals surface area contributed by atoms with E-state index in [1.807, 2.05) is 24.3 Å². The number of imidazole rings is 1. The summed E-state index contributed by atoms with van der Waals surface area (Å²) in [6.45, 7) is 2.99. The average molecular weight is 554 g/mol. The fourth-order valence-electron chi connectivity index (χ4n) is 6.14. The van der Waals surface area contributed by atoms with Gasteiger partial charge in [-0.05, 0) is 53.4 Å². The van der Waals surface area contributed by atoms with Crippen molar-refractivity contribution in [3.63, 3.8) is 0 Å². The molecule has 2 aliphatic heterocycles. The zero-order valence-corrected chi connectivity index (χ0v) is 22.5. The molecule has 9 heteroatoms. The van der Waals surface area contributed by atoms with E-state index in [0.717, 1.165) is 52.8 Å².